The Balaban J connectivity index is 1.51. The van der Waals surface area contributed by atoms with Gasteiger partial charge in [-0.3, -0.25) is 0 Å². The summed E-state index contributed by atoms with van der Waals surface area (Å²) in [6.07, 6.45) is 8.96. The molecule has 0 radical (unpaired) electrons. The predicted molar refractivity (Wildman–Crippen MR) is 72.7 cm³/mol. The van der Waals surface area contributed by atoms with Crippen LogP contribution in [-0.2, 0) is 10.0 Å². The highest BCUT2D eigenvalue weighted by atomic mass is 32.2. The lowest BCUT2D eigenvalue weighted by molar-refractivity contribution is 0.316. The Hall–Kier alpha value is -0.600. The molecule has 0 aromatic rings. The van der Waals surface area contributed by atoms with E-state index in [1.807, 2.05) is 0 Å². The Kier molecular flexibility index (Phi) is 3.34. The fraction of sp³-hybridized carbons (Fsp3) is 0.929. The van der Waals surface area contributed by atoms with E-state index in [2.05, 4.69) is 10.8 Å². The van der Waals surface area contributed by atoms with Gasteiger partial charge in [0, 0.05) is 6.04 Å². The normalized spacial score (nSPS) is 33.6. The minimum atomic E-state index is -3.27. The molecule has 0 saturated heterocycles. The fourth-order valence-corrected chi connectivity index (χ4v) is 5.41. The summed E-state index contributed by atoms with van der Waals surface area (Å²) >= 11 is 0. The molecule has 0 spiro atoms. The van der Waals surface area contributed by atoms with Crippen LogP contribution in [0.5, 0.6) is 0 Å². The summed E-state index contributed by atoms with van der Waals surface area (Å²) < 4.78 is 27.0. The number of nitriles is 1. The zero-order valence-corrected chi connectivity index (χ0v) is 12.1. The number of hydrogen-bond donors (Lipinski definition) is 1. The lowest BCUT2D eigenvalue weighted by Crippen LogP contribution is -2.33. The highest BCUT2D eigenvalue weighted by molar-refractivity contribution is 7.89. The first-order valence-corrected chi connectivity index (χ1v) is 9.10. The highest BCUT2D eigenvalue weighted by Gasteiger charge is 2.50. The van der Waals surface area contributed by atoms with E-state index in [1.165, 1.54) is 32.1 Å². The van der Waals surface area contributed by atoms with Gasteiger partial charge >= 0.3 is 0 Å². The molecule has 3 aliphatic rings. The molecule has 0 bridgehead atoms. The molecule has 4 nitrogen and oxygen atoms in total. The van der Waals surface area contributed by atoms with Crippen molar-refractivity contribution in [2.75, 3.05) is 5.75 Å². The third kappa shape index (κ3) is 3.11. The van der Waals surface area contributed by atoms with E-state index >= 15 is 0 Å². The van der Waals surface area contributed by atoms with Gasteiger partial charge in [-0.25, -0.2) is 13.1 Å². The van der Waals surface area contributed by atoms with Crippen molar-refractivity contribution in [3.63, 3.8) is 0 Å². The first-order valence-electron chi connectivity index (χ1n) is 7.45. The van der Waals surface area contributed by atoms with Gasteiger partial charge in [0.15, 0.2) is 0 Å². The summed E-state index contributed by atoms with van der Waals surface area (Å²) in [7, 11) is -3.27. The quantitative estimate of drug-likeness (QED) is 0.840. The molecule has 3 rings (SSSR count). The van der Waals surface area contributed by atoms with Crippen LogP contribution in [0.15, 0.2) is 0 Å². The van der Waals surface area contributed by atoms with Crippen LogP contribution in [-0.4, -0.2) is 20.2 Å². The standard InChI is InChI=1S/C14H22N2O2S/c15-9-14(6-7-14)10-19(17,18)16-13-8-12(13)11-4-2-1-3-5-11/h11-13,16H,1-8,10H2/t12-,13-/m1/s1. The molecular weight excluding hydrogens is 260 g/mol. The minimum absolute atomic E-state index is 0.00435. The van der Waals surface area contributed by atoms with Crippen LogP contribution in [0.2, 0.25) is 0 Å². The van der Waals surface area contributed by atoms with Crippen LogP contribution in [0, 0.1) is 28.6 Å². The van der Waals surface area contributed by atoms with Crippen molar-refractivity contribution in [3.8, 4) is 6.07 Å². The second-order valence-corrected chi connectivity index (χ2v) is 8.43. The average Bonchev–Trinajstić information content (AvgIpc) is 3.28. The number of nitrogens with one attached hydrogen (secondary N) is 1. The molecule has 0 unspecified atom stereocenters. The second-order valence-electron chi connectivity index (χ2n) is 6.67. The summed E-state index contributed by atoms with van der Waals surface area (Å²) in [6.45, 7) is 0. The van der Waals surface area contributed by atoms with Crippen LogP contribution >= 0.6 is 0 Å². The monoisotopic (exact) mass is 282 g/mol. The van der Waals surface area contributed by atoms with Crippen LogP contribution < -0.4 is 4.72 Å². The molecule has 0 amide bonds. The van der Waals surface area contributed by atoms with Crippen LogP contribution in [0.25, 0.3) is 0 Å². The maximum absolute atomic E-state index is 12.1. The zero-order chi connectivity index (χ0) is 13.5. The number of rotatable bonds is 5. The van der Waals surface area contributed by atoms with E-state index in [0.29, 0.717) is 5.92 Å². The van der Waals surface area contributed by atoms with Gasteiger partial charge in [-0.2, -0.15) is 5.26 Å². The fourth-order valence-electron chi connectivity index (χ4n) is 3.51. The van der Waals surface area contributed by atoms with Crippen molar-refractivity contribution in [1.29, 1.82) is 5.26 Å². The van der Waals surface area contributed by atoms with Gasteiger partial charge in [0.25, 0.3) is 0 Å². The lowest BCUT2D eigenvalue weighted by atomic mass is 9.86. The van der Waals surface area contributed by atoms with Gasteiger partial charge in [-0.05, 0) is 31.1 Å². The Bertz CT molecular complexity index is 484. The van der Waals surface area contributed by atoms with E-state index < -0.39 is 15.4 Å². The van der Waals surface area contributed by atoms with Crippen LogP contribution in [0.3, 0.4) is 0 Å². The smallest absolute Gasteiger partial charge is 0.212 e. The highest BCUT2D eigenvalue weighted by Crippen LogP contribution is 2.47. The molecule has 0 heterocycles. The topological polar surface area (TPSA) is 70.0 Å². The molecule has 3 saturated carbocycles. The lowest BCUT2D eigenvalue weighted by Gasteiger charge is -2.21. The van der Waals surface area contributed by atoms with Gasteiger partial charge in [0.1, 0.15) is 0 Å². The molecule has 2 atom stereocenters. The van der Waals surface area contributed by atoms with E-state index in [-0.39, 0.29) is 11.8 Å². The number of nitrogens with zero attached hydrogens (tertiary/aromatic N) is 1. The molecule has 5 heteroatoms. The number of sulfonamides is 1. The zero-order valence-electron chi connectivity index (χ0n) is 11.3. The van der Waals surface area contributed by atoms with Gasteiger partial charge in [0.2, 0.25) is 10.0 Å². The van der Waals surface area contributed by atoms with Crippen molar-refractivity contribution in [3.05, 3.63) is 0 Å². The Labute approximate surface area is 115 Å². The molecule has 106 valence electrons. The Morgan fingerprint density at radius 3 is 2.47 bits per heavy atom. The molecule has 0 aromatic carbocycles. The molecule has 3 fully saturated rings. The SMILES string of the molecule is N#CC1(CS(=O)(=O)N[C@@H]2C[C@@H]2C2CCCCC2)CC1. The summed E-state index contributed by atoms with van der Waals surface area (Å²) in [5.74, 6) is 1.30. The maximum atomic E-state index is 12.1. The van der Waals surface area contributed by atoms with Crippen molar-refractivity contribution >= 4 is 10.0 Å². The molecule has 1 N–H and O–H groups in total. The van der Waals surface area contributed by atoms with Gasteiger partial charge < -0.3 is 0 Å². The van der Waals surface area contributed by atoms with E-state index in [9.17, 15) is 8.42 Å². The van der Waals surface area contributed by atoms with E-state index in [0.717, 1.165) is 25.2 Å². The molecular formula is C14H22N2O2S. The third-order valence-electron chi connectivity index (χ3n) is 4.98. The minimum Gasteiger partial charge on any atom is -0.212 e. The Morgan fingerprint density at radius 1 is 1.21 bits per heavy atom. The van der Waals surface area contributed by atoms with Crippen LogP contribution in [0.1, 0.15) is 51.4 Å². The van der Waals surface area contributed by atoms with E-state index in [1.54, 1.807) is 0 Å². The second kappa shape index (κ2) is 4.75. The summed E-state index contributed by atoms with van der Waals surface area (Å²) in [6, 6.07) is 2.31. The Morgan fingerprint density at radius 2 is 1.89 bits per heavy atom. The van der Waals surface area contributed by atoms with Gasteiger partial charge in [-0.1, -0.05) is 32.1 Å². The predicted octanol–water partition coefficient (Wildman–Crippen LogP) is 2.18. The summed E-state index contributed by atoms with van der Waals surface area (Å²) in [5, 5.41) is 8.98. The van der Waals surface area contributed by atoms with Crippen molar-refractivity contribution in [1.82, 2.24) is 4.72 Å². The largest absolute Gasteiger partial charge is 0.213 e. The molecule has 0 aromatic heterocycles. The third-order valence-corrected chi connectivity index (χ3v) is 6.58. The summed E-state index contributed by atoms with van der Waals surface area (Å²) in [4.78, 5) is 0. The molecule has 19 heavy (non-hydrogen) atoms. The molecule has 0 aliphatic heterocycles. The van der Waals surface area contributed by atoms with Crippen molar-refractivity contribution in [2.45, 2.75) is 57.4 Å². The van der Waals surface area contributed by atoms with Crippen molar-refractivity contribution in [2.24, 2.45) is 17.3 Å². The molecule has 3 aliphatic carbocycles. The average molecular weight is 282 g/mol. The van der Waals surface area contributed by atoms with Crippen molar-refractivity contribution < 1.29 is 8.42 Å². The number of hydrogen-bond acceptors (Lipinski definition) is 3. The van der Waals surface area contributed by atoms with Crippen LogP contribution in [0.4, 0.5) is 0 Å². The maximum Gasteiger partial charge on any atom is 0.213 e. The first-order chi connectivity index (χ1) is 9.04. The first kappa shape index (κ1) is 13.4. The van der Waals surface area contributed by atoms with Gasteiger partial charge in [-0.15, -0.1) is 0 Å². The summed E-state index contributed by atoms with van der Waals surface area (Å²) in [5.41, 5.74) is -0.568. The van der Waals surface area contributed by atoms with E-state index in [4.69, 9.17) is 5.26 Å². The van der Waals surface area contributed by atoms with Gasteiger partial charge in [0.05, 0.1) is 17.2 Å².